The number of tetrazole rings is 1. The molecule has 1 fully saturated rings. The fraction of sp³-hybridized carbons (Fsp3) is 0.179. The van der Waals surface area contributed by atoms with E-state index in [1.54, 1.807) is 48.5 Å². The fourth-order valence-corrected chi connectivity index (χ4v) is 6.62. The van der Waals surface area contributed by atoms with Crippen LogP contribution >= 0.6 is 0 Å². The molecule has 0 atom stereocenters. The molecule has 0 unspecified atom stereocenters. The molecule has 0 bridgehead atoms. The van der Waals surface area contributed by atoms with E-state index >= 15 is 0 Å². The lowest BCUT2D eigenvalue weighted by Crippen LogP contribution is -2.15. The Morgan fingerprint density at radius 2 is 1.29 bits per heavy atom. The maximum atomic E-state index is 13.3. The quantitative estimate of drug-likeness (QED) is 0.155. The smallest absolute Gasteiger partial charge is 0.344 e. The van der Waals surface area contributed by atoms with Crippen molar-refractivity contribution in [1.29, 1.82) is 0 Å². The largest absolute Gasteiger partial charge is 0.400 e. The van der Waals surface area contributed by atoms with E-state index in [1.165, 1.54) is 0 Å². The van der Waals surface area contributed by atoms with Gasteiger partial charge in [0.2, 0.25) is 0 Å². The van der Waals surface area contributed by atoms with E-state index in [4.69, 9.17) is 14.5 Å². The summed E-state index contributed by atoms with van der Waals surface area (Å²) < 4.78 is 13.8. The van der Waals surface area contributed by atoms with Crippen LogP contribution in [-0.2, 0) is 6.54 Å². The number of hydrogen-bond donors (Lipinski definition) is 1. The number of aromatic nitrogens is 8. The molecule has 1 saturated carbocycles. The van der Waals surface area contributed by atoms with E-state index in [9.17, 15) is 9.59 Å². The number of benzene rings is 4. The standard InChI is InChI=1S/C39H32N8O4/c48-38(28-14-6-2-7-15-28)50-36-32-33(37(44-43-36)51-39(49)29-16-8-3-9-17-29)47(35(40-32)27-12-4-1-5-13-27)24-25-20-22-26(23-21-25)30-18-10-11-19-31(30)34-41-45-46-42-34/h2-3,6-11,14-23,27H,1,4-5,12-13,24H2,(H,41,42,45,46). The molecule has 4 aromatic carbocycles. The van der Waals surface area contributed by atoms with E-state index in [0.29, 0.717) is 34.5 Å². The number of nitrogens with zero attached hydrogens (tertiary/aromatic N) is 7. The molecule has 0 aliphatic heterocycles. The molecule has 3 aromatic heterocycles. The Kier molecular flexibility index (Phi) is 8.77. The normalized spacial score (nSPS) is 13.3. The van der Waals surface area contributed by atoms with Crippen LogP contribution in [0.25, 0.3) is 33.5 Å². The van der Waals surface area contributed by atoms with Crippen molar-refractivity contribution in [1.82, 2.24) is 40.4 Å². The molecule has 1 aliphatic carbocycles. The molecule has 12 heteroatoms. The van der Waals surface area contributed by atoms with Gasteiger partial charge in [-0.25, -0.2) is 19.7 Å². The zero-order valence-corrected chi connectivity index (χ0v) is 27.5. The Balaban J connectivity index is 1.22. The summed E-state index contributed by atoms with van der Waals surface area (Å²) in [4.78, 5) is 31.7. The number of nitrogens with one attached hydrogen (secondary N) is 1. The third-order valence-electron chi connectivity index (χ3n) is 9.14. The molecular formula is C39H32N8O4. The zero-order valence-electron chi connectivity index (χ0n) is 27.5. The van der Waals surface area contributed by atoms with E-state index in [2.05, 4.69) is 55.1 Å². The lowest BCUT2D eigenvalue weighted by molar-refractivity contribution is 0.0708. The van der Waals surface area contributed by atoms with Gasteiger partial charge in [0.05, 0.1) is 11.1 Å². The van der Waals surface area contributed by atoms with E-state index in [0.717, 1.165) is 60.2 Å². The molecule has 3 heterocycles. The number of fused-ring (bicyclic) bond motifs is 1. The Labute approximate surface area is 292 Å². The molecule has 0 spiro atoms. The highest BCUT2D eigenvalue weighted by Gasteiger charge is 2.29. The average Bonchev–Trinajstić information content (AvgIpc) is 3.87. The summed E-state index contributed by atoms with van der Waals surface area (Å²) in [6, 6.07) is 33.5. The Morgan fingerprint density at radius 1 is 0.686 bits per heavy atom. The summed E-state index contributed by atoms with van der Waals surface area (Å²) in [5.41, 5.74) is 5.30. The topological polar surface area (TPSA) is 151 Å². The van der Waals surface area contributed by atoms with Gasteiger partial charge < -0.3 is 14.0 Å². The lowest BCUT2D eigenvalue weighted by atomic mass is 9.88. The zero-order chi connectivity index (χ0) is 34.6. The van der Waals surface area contributed by atoms with Crippen molar-refractivity contribution in [3.63, 3.8) is 0 Å². The van der Waals surface area contributed by atoms with Gasteiger partial charge in [0.15, 0.2) is 11.3 Å². The van der Waals surface area contributed by atoms with Crippen LogP contribution in [0.4, 0.5) is 0 Å². The first-order valence-corrected chi connectivity index (χ1v) is 16.9. The summed E-state index contributed by atoms with van der Waals surface area (Å²) in [5, 5.41) is 23.0. The monoisotopic (exact) mass is 676 g/mol. The highest BCUT2D eigenvalue weighted by Crippen LogP contribution is 2.39. The van der Waals surface area contributed by atoms with Crippen LogP contribution in [-0.4, -0.2) is 52.3 Å². The number of H-pyrrole nitrogens is 1. The third-order valence-corrected chi connectivity index (χ3v) is 9.14. The first-order chi connectivity index (χ1) is 25.1. The Hall–Kier alpha value is -6.56. The van der Waals surface area contributed by atoms with E-state index < -0.39 is 11.9 Å². The van der Waals surface area contributed by atoms with Crippen LogP contribution in [0.2, 0.25) is 0 Å². The minimum absolute atomic E-state index is 0.0147. The average molecular weight is 677 g/mol. The Bertz CT molecular complexity index is 2300. The van der Waals surface area contributed by atoms with Crippen molar-refractivity contribution in [3.8, 4) is 34.3 Å². The summed E-state index contributed by atoms with van der Waals surface area (Å²) >= 11 is 0. The third kappa shape index (κ3) is 6.58. The van der Waals surface area contributed by atoms with Crippen molar-refractivity contribution in [3.05, 3.63) is 132 Å². The van der Waals surface area contributed by atoms with Gasteiger partial charge in [0.1, 0.15) is 11.3 Å². The first-order valence-electron chi connectivity index (χ1n) is 16.9. The lowest BCUT2D eigenvalue weighted by Gasteiger charge is -2.22. The SMILES string of the molecule is O=C(Oc1nnc(OC(=O)c2ccccc2)c2c1nc(C1CCCCC1)n2Cc1ccc(-c2ccccc2-c2nnn[nH]2)cc1)c1ccccc1. The number of carbonyl (C=O) groups is 2. The maximum absolute atomic E-state index is 13.3. The van der Waals surface area contributed by atoms with Crippen LogP contribution in [0.5, 0.6) is 11.8 Å². The van der Waals surface area contributed by atoms with Crippen molar-refractivity contribution >= 4 is 23.0 Å². The van der Waals surface area contributed by atoms with E-state index in [-0.39, 0.29) is 17.7 Å². The Morgan fingerprint density at radius 3 is 1.94 bits per heavy atom. The molecule has 252 valence electrons. The van der Waals surface area contributed by atoms with Gasteiger partial charge >= 0.3 is 11.9 Å². The van der Waals surface area contributed by atoms with Gasteiger partial charge in [-0.15, -0.1) is 15.3 Å². The predicted octanol–water partition coefficient (Wildman–Crippen LogP) is 7.21. The number of imidazole rings is 1. The molecule has 8 rings (SSSR count). The molecule has 7 aromatic rings. The summed E-state index contributed by atoms with van der Waals surface area (Å²) in [5.74, 6) is 0.286. The predicted molar refractivity (Wildman–Crippen MR) is 188 cm³/mol. The molecule has 1 aliphatic rings. The van der Waals surface area contributed by atoms with Crippen LogP contribution in [0.3, 0.4) is 0 Å². The van der Waals surface area contributed by atoms with Crippen molar-refractivity contribution in [2.24, 2.45) is 0 Å². The molecule has 0 amide bonds. The maximum Gasteiger partial charge on any atom is 0.344 e. The number of aromatic amines is 1. The molecular weight excluding hydrogens is 644 g/mol. The fourth-order valence-electron chi connectivity index (χ4n) is 6.62. The highest BCUT2D eigenvalue weighted by molar-refractivity contribution is 5.96. The second kappa shape index (κ2) is 14.1. The van der Waals surface area contributed by atoms with Gasteiger partial charge in [0, 0.05) is 18.0 Å². The van der Waals surface area contributed by atoms with Crippen LogP contribution in [0, 0.1) is 0 Å². The first kappa shape index (κ1) is 31.7. The molecule has 12 nitrogen and oxygen atoms in total. The number of ether oxygens (including phenoxy) is 2. The summed E-state index contributed by atoms with van der Waals surface area (Å²) in [7, 11) is 0. The van der Waals surface area contributed by atoms with Crippen molar-refractivity contribution in [2.75, 3.05) is 0 Å². The second-order valence-corrected chi connectivity index (χ2v) is 12.4. The second-order valence-electron chi connectivity index (χ2n) is 12.4. The van der Waals surface area contributed by atoms with Crippen molar-refractivity contribution < 1.29 is 19.1 Å². The van der Waals surface area contributed by atoms with Gasteiger partial charge in [0.25, 0.3) is 11.8 Å². The van der Waals surface area contributed by atoms with Crippen LogP contribution in [0.15, 0.2) is 109 Å². The highest BCUT2D eigenvalue weighted by atomic mass is 16.6. The van der Waals surface area contributed by atoms with Gasteiger partial charge in [-0.3, -0.25) is 0 Å². The van der Waals surface area contributed by atoms with Crippen LogP contribution < -0.4 is 9.47 Å². The number of hydrogen-bond acceptors (Lipinski definition) is 10. The number of carbonyl (C=O) groups excluding carboxylic acids is 2. The summed E-state index contributed by atoms with van der Waals surface area (Å²) in [6.07, 6.45) is 5.21. The molecule has 51 heavy (non-hydrogen) atoms. The van der Waals surface area contributed by atoms with Crippen molar-refractivity contribution in [2.45, 2.75) is 44.6 Å². The minimum Gasteiger partial charge on any atom is -0.400 e. The van der Waals surface area contributed by atoms with Crippen LogP contribution in [0.1, 0.15) is 70.1 Å². The summed E-state index contributed by atoms with van der Waals surface area (Å²) in [6.45, 7) is 0.393. The number of esters is 2. The van der Waals surface area contributed by atoms with Gasteiger partial charge in [-0.2, -0.15) is 0 Å². The molecule has 0 saturated heterocycles. The minimum atomic E-state index is -0.592. The van der Waals surface area contributed by atoms with Gasteiger partial charge in [-0.05, 0) is 64.2 Å². The van der Waals surface area contributed by atoms with E-state index in [1.807, 2.05) is 41.0 Å². The molecule has 0 radical (unpaired) electrons. The number of rotatable bonds is 9. The van der Waals surface area contributed by atoms with Gasteiger partial charge in [-0.1, -0.05) is 104 Å². The molecule has 1 N–H and O–H groups in total.